The molecule has 0 aromatic heterocycles. The van der Waals surface area contributed by atoms with Gasteiger partial charge >= 0.3 is 0 Å². The minimum absolute atomic E-state index is 0.318. The summed E-state index contributed by atoms with van der Waals surface area (Å²) < 4.78 is 19.6. The first-order chi connectivity index (χ1) is 9.56. The molecule has 0 saturated carbocycles. The SMILES string of the molecule is NC1(Cc2ccc(Cl)cc2F)COc2ccccc2C1. The first kappa shape index (κ1) is 13.4. The topological polar surface area (TPSA) is 35.2 Å². The number of benzene rings is 2. The second-order valence-corrected chi connectivity index (χ2v) is 5.78. The van der Waals surface area contributed by atoms with Crippen molar-refractivity contribution in [2.45, 2.75) is 18.4 Å². The molecule has 1 heterocycles. The Morgan fingerprint density at radius 3 is 2.85 bits per heavy atom. The van der Waals surface area contributed by atoms with E-state index in [0.717, 1.165) is 11.3 Å². The van der Waals surface area contributed by atoms with Gasteiger partial charge in [-0.3, -0.25) is 0 Å². The zero-order valence-electron chi connectivity index (χ0n) is 10.9. The van der Waals surface area contributed by atoms with Crippen molar-refractivity contribution in [2.24, 2.45) is 5.73 Å². The van der Waals surface area contributed by atoms with Crippen molar-refractivity contribution in [3.05, 3.63) is 64.4 Å². The fraction of sp³-hybridized carbons (Fsp3) is 0.250. The molecule has 0 amide bonds. The quantitative estimate of drug-likeness (QED) is 0.921. The molecule has 104 valence electrons. The van der Waals surface area contributed by atoms with E-state index in [1.54, 1.807) is 12.1 Å². The molecular formula is C16H15ClFNO. The Hall–Kier alpha value is -1.58. The van der Waals surface area contributed by atoms with Crippen LogP contribution in [-0.2, 0) is 12.8 Å². The zero-order valence-corrected chi connectivity index (χ0v) is 11.7. The second-order valence-electron chi connectivity index (χ2n) is 5.35. The Morgan fingerprint density at radius 2 is 2.05 bits per heavy atom. The molecule has 2 aromatic rings. The fourth-order valence-electron chi connectivity index (χ4n) is 2.60. The lowest BCUT2D eigenvalue weighted by Gasteiger charge is -2.34. The molecule has 2 N–H and O–H groups in total. The monoisotopic (exact) mass is 291 g/mol. The molecule has 1 atom stereocenters. The molecule has 0 saturated heterocycles. The molecule has 3 rings (SSSR count). The Balaban J connectivity index is 1.84. The predicted octanol–water partition coefficient (Wildman–Crippen LogP) is 3.35. The average Bonchev–Trinajstić information content (AvgIpc) is 2.42. The largest absolute Gasteiger partial charge is 0.491 e. The number of ether oxygens (including phenoxy) is 1. The summed E-state index contributed by atoms with van der Waals surface area (Å²) >= 11 is 5.77. The van der Waals surface area contributed by atoms with Crippen LogP contribution in [0.25, 0.3) is 0 Å². The molecular weight excluding hydrogens is 277 g/mol. The molecule has 0 spiro atoms. The van der Waals surface area contributed by atoms with Gasteiger partial charge in [-0.1, -0.05) is 35.9 Å². The highest BCUT2D eigenvalue weighted by Crippen LogP contribution is 2.30. The van der Waals surface area contributed by atoms with Gasteiger partial charge in [0.1, 0.15) is 18.2 Å². The van der Waals surface area contributed by atoms with Gasteiger partial charge in [0, 0.05) is 5.02 Å². The number of hydrogen-bond donors (Lipinski definition) is 1. The molecule has 2 aromatic carbocycles. The van der Waals surface area contributed by atoms with Gasteiger partial charge in [-0.2, -0.15) is 0 Å². The van der Waals surface area contributed by atoms with Gasteiger partial charge in [-0.15, -0.1) is 0 Å². The number of rotatable bonds is 2. The summed E-state index contributed by atoms with van der Waals surface area (Å²) in [5.41, 5.74) is 7.43. The van der Waals surface area contributed by atoms with E-state index in [4.69, 9.17) is 22.1 Å². The molecule has 1 unspecified atom stereocenters. The van der Waals surface area contributed by atoms with Gasteiger partial charge in [-0.25, -0.2) is 4.39 Å². The van der Waals surface area contributed by atoms with Crippen molar-refractivity contribution in [3.8, 4) is 5.75 Å². The molecule has 1 aliphatic rings. The van der Waals surface area contributed by atoms with E-state index in [0.29, 0.717) is 30.0 Å². The van der Waals surface area contributed by atoms with Gasteiger partial charge < -0.3 is 10.5 Å². The van der Waals surface area contributed by atoms with Gasteiger partial charge in [-0.05, 0) is 42.2 Å². The molecule has 20 heavy (non-hydrogen) atoms. The van der Waals surface area contributed by atoms with E-state index < -0.39 is 5.54 Å². The summed E-state index contributed by atoms with van der Waals surface area (Å²) in [6, 6.07) is 12.5. The third kappa shape index (κ3) is 2.65. The highest BCUT2D eigenvalue weighted by Gasteiger charge is 2.32. The van der Waals surface area contributed by atoms with Gasteiger partial charge in [0.25, 0.3) is 0 Å². The maximum atomic E-state index is 13.9. The average molecular weight is 292 g/mol. The van der Waals surface area contributed by atoms with Gasteiger partial charge in [0.05, 0.1) is 5.54 Å². The first-order valence-electron chi connectivity index (χ1n) is 6.49. The van der Waals surface area contributed by atoms with Crippen LogP contribution in [-0.4, -0.2) is 12.1 Å². The lowest BCUT2D eigenvalue weighted by atomic mass is 9.84. The predicted molar refractivity (Wildman–Crippen MR) is 77.7 cm³/mol. The standard InChI is InChI=1S/C16H15ClFNO/c17-13-6-5-11(14(18)7-13)8-16(19)9-12-3-1-2-4-15(12)20-10-16/h1-7H,8-10,19H2. The van der Waals surface area contributed by atoms with Crippen LogP contribution >= 0.6 is 11.6 Å². The molecule has 2 nitrogen and oxygen atoms in total. The van der Waals surface area contributed by atoms with Crippen molar-refractivity contribution < 1.29 is 9.13 Å². The maximum absolute atomic E-state index is 13.9. The maximum Gasteiger partial charge on any atom is 0.127 e. The smallest absolute Gasteiger partial charge is 0.127 e. The Morgan fingerprint density at radius 1 is 1.25 bits per heavy atom. The number of para-hydroxylation sites is 1. The summed E-state index contributed by atoms with van der Waals surface area (Å²) in [5, 5.41) is 0.391. The summed E-state index contributed by atoms with van der Waals surface area (Å²) in [5.74, 6) is 0.548. The van der Waals surface area contributed by atoms with E-state index in [2.05, 4.69) is 0 Å². The number of nitrogens with two attached hydrogens (primary N) is 1. The van der Waals surface area contributed by atoms with E-state index >= 15 is 0 Å². The van der Waals surface area contributed by atoms with Crippen LogP contribution in [0.15, 0.2) is 42.5 Å². The Bertz CT molecular complexity index is 646. The lowest BCUT2D eigenvalue weighted by Crippen LogP contribution is -2.51. The van der Waals surface area contributed by atoms with Crippen LogP contribution in [0.3, 0.4) is 0 Å². The lowest BCUT2D eigenvalue weighted by molar-refractivity contribution is 0.189. The fourth-order valence-corrected chi connectivity index (χ4v) is 2.76. The van der Waals surface area contributed by atoms with Crippen LogP contribution in [0.5, 0.6) is 5.75 Å². The minimum atomic E-state index is -0.594. The minimum Gasteiger partial charge on any atom is -0.491 e. The third-order valence-corrected chi connectivity index (χ3v) is 3.82. The van der Waals surface area contributed by atoms with Crippen LogP contribution in [0.2, 0.25) is 5.02 Å². The van der Waals surface area contributed by atoms with Crippen molar-refractivity contribution in [1.82, 2.24) is 0 Å². The van der Waals surface area contributed by atoms with Gasteiger partial charge in [0.2, 0.25) is 0 Å². The first-order valence-corrected chi connectivity index (χ1v) is 6.87. The third-order valence-electron chi connectivity index (χ3n) is 3.59. The number of halogens is 2. The molecule has 0 fully saturated rings. The van der Waals surface area contributed by atoms with Crippen molar-refractivity contribution in [3.63, 3.8) is 0 Å². The van der Waals surface area contributed by atoms with E-state index in [1.165, 1.54) is 6.07 Å². The van der Waals surface area contributed by atoms with E-state index in [1.807, 2.05) is 24.3 Å². The number of fused-ring (bicyclic) bond motifs is 1. The highest BCUT2D eigenvalue weighted by molar-refractivity contribution is 6.30. The second kappa shape index (κ2) is 5.08. The zero-order chi connectivity index (χ0) is 14.2. The van der Waals surface area contributed by atoms with Crippen molar-refractivity contribution >= 4 is 11.6 Å². The Kier molecular flexibility index (Phi) is 3.40. The van der Waals surface area contributed by atoms with Gasteiger partial charge in [0.15, 0.2) is 0 Å². The van der Waals surface area contributed by atoms with Crippen LogP contribution in [0.4, 0.5) is 4.39 Å². The van der Waals surface area contributed by atoms with E-state index in [-0.39, 0.29) is 5.82 Å². The highest BCUT2D eigenvalue weighted by atomic mass is 35.5. The summed E-state index contributed by atoms with van der Waals surface area (Å²) in [6.45, 7) is 0.381. The summed E-state index contributed by atoms with van der Waals surface area (Å²) in [6.07, 6.45) is 1.09. The van der Waals surface area contributed by atoms with Crippen molar-refractivity contribution in [2.75, 3.05) is 6.61 Å². The van der Waals surface area contributed by atoms with Crippen LogP contribution in [0, 0.1) is 5.82 Å². The molecule has 0 aliphatic carbocycles. The summed E-state index contributed by atoms with van der Waals surface area (Å²) in [4.78, 5) is 0. The molecule has 1 aliphatic heterocycles. The Labute approximate surface area is 122 Å². The normalized spacial score (nSPS) is 21.1. The number of hydrogen-bond acceptors (Lipinski definition) is 2. The molecule has 0 bridgehead atoms. The summed E-state index contributed by atoms with van der Waals surface area (Å²) in [7, 11) is 0. The molecule has 0 radical (unpaired) electrons. The van der Waals surface area contributed by atoms with Crippen molar-refractivity contribution in [1.29, 1.82) is 0 Å². The van der Waals surface area contributed by atoms with E-state index in [9.17, 15) is 4.39 Å². The molecule has 4 heteroatoms. The van der Waals surface area contributed by atoms with Crippen LogP contribution < -0.4 is 10.5 Å². The van der Waals surface area contributed by atoms with Crippen LogP contribution in [0.1, 0.15) is 11.1 Å².